The van der Waals surface area contributed by atoms with E-state index in [0.717, 1.165) is 12.1 Å². The van der Waals surface area contributed by atoms with Crippen LogP contribution in [0.5, 0.6) is 0 Å². The topological polar surface area (TPSA) is 41.1 Å². The molecule has 0 saturated heterocycles. The third-order valence-corrected chi connectivity index (χ3v) is 3.39. The van der Waals surface area contributed by atoms with E-state index in [4.69, 9.17) is 23.2 Å². The zero-order valence-corrected chi connectivity index (χ0v) is 13.1. The molecular weight excluding hydrogens is 352 g/mol. The molecule has 2 aromatic carbocycles. The minimum absolute atomic E-state index is 0.0637. The normalized spacial score (nSPS) is 11.2. The zero-order valence-electron chi connectivity index (χ0n) is 11.5. The van der Waals surface area contributed by atoms with Gasteiger partial charge in [0.1, 0.15) is 0 Å². The van der Waals surface area contributed by atoms with E-state index in [1.54, 1.807) is 12.1 Å². The average Bonchev–Trinajstić information content (AvgIpc) is 2.45. The van der Waals surface area contributed by atoms with Crippen LogP contribution in [0.1, 0.15) is 5.56 Å². The second kappa shape index (κ2) is 7.10. The Hall–Kier alpha value is -1.92. The van der Waals surface area contributed by atoms with Crippen LogP contribution in [0.25, 0.3) is 0 Å². The first-order valence-electron chi connectivity index (χ1n) is 6.42. The molecule has 0 fully saturated rings. The van der Waals surface area contributed by atoms with Gasteiger partial charge in [-0.1, -0.05) is 29.3 Å². The molecule has 2 rings (SSSR count). The standard InChI is InChI=1S/C15H11Cl2F3N2O/c16-10-4-5-13(12(17)7-10)21-8-14(23)22-11-3-1-2-9(6-11)15(18,19)20/h1-7,21H,8H2,(H,22,23). The molecule has 0 unspecified atom stereocenters. The fourth-order valence-electron chi connectivity index (χ4n) is 1.79. The molecule has 0 bridgehead atoms. The lowest BCUT2D eigenvalue weighted by Gasteiger charge is -2.11. The summed E-state index contributed by atoms with van der Waals surface area (Å²) in [6.45, 7) is -0.155. The second-order valence-electron chi connectivity index (χ2n) is 4.60. The molecule has 0 aliphatic heterocycles. The number of nitrogens with one attached hydrogen (secondary N) is 2. The maximum atomic E-state index is 12.6. The van der Waals surface area contributed by atoms with Crippen LogP contribution in [0.4, 0.5) is 24.5 Å². The molecule has 0 spiro atoms. The van der Waals surface area contributed by atoms with Crippen LogP contribution in [0, 0.1) is 0 Å². The first-order valence-corrected chi connectivity index (χ1v) is 7.17. The van der Waals surface area contributed by atoms with Crippen molar-refractivity contribution in [2.75, 3.05) is 17.2 Å². The predicted molar refractivity (Wildman–Crippen MR) is 85.0 cm³/mol. The molecule has 0 radical (unpaired) electrons. The van der Waals surface area contributed by atoms with Crippen molar-refractivity contribution >= 4 is 40.5 Å². The number of benzene rings is 2. The fourth-order valence-corrected chi connectivity index (χ4v) is 2.26. The number of carbonyl (C=O) groups is 1. The van der Waals surface area contributed by atoms with Gasteiger partial charge in [-0.05, 0) is 36.4 Å². The Balaban J connectivity index is 1.97. The molecule has 2 N–H and O–H groups in total. The Morgan fingerprint density at radius 3 is 2.48 bits per heavy atom. The molecule has 2 aromatic rings. The largest absolute Gasteiger partial charge is 0.416 e. The monoisotopic (exact) mass is 362 g/mol. The summed E-state index contributed by atoms with van der Waals surface area (Å²) >= 11 is 11.7. The molecule has 122 valence electrons. The average molecular weight is 363 g/mol. The van der Waals surface area contributed by atoms with Crippen LogP contribution in [-0.4, -0.2) is 12.5 Å². The van der Waals surface area contributed by atoms with Crippen molar-refractivity contribution in [3.63, 3.8) is 0 Å². The molecule has 0 aliphatic rings. The molecule has 0 aromatic heterocycles. The number of hydrogen-bond donors (Lipinski definition) is 2. The van der Waals surface area contributed by atoms with Gasteiger partial charge in [-0.2, -0.15) is 13.2 Å². The summed E-state index contributed by atoms with van der Waals surface area (Å²) in [6.07, 6.45) is -4.46. The van der Waals surface area contributed by atoms with Crippen molar-refractivity contribution in [1.82, 2.24) is 0 Å². The summed E-state index contributed by atoms with van der Waals surface area (Å²) in [5.74, 6) is -0.504. The third kappa shape index (κ3) is 5.04. The number of carbonyl (C=O) groups excluding carboxylic acids is 1. The molecular formula is C15H11Cl2F3N2O. The summed E-state index contributed by atoms with van der Waals surface area (Å²) in [6, 6.07) is 9.11. The van der Waals surface area contributed by atoms with Crippen molar-refractivity contribution in [3.8, 4) is 0 Å². The van der Waals surface area contributed by atoms with E-state index in [-0.39, 0.29) is 12.2 Å². The number of hydrogen-bond acceptors (Lipinski definition) is 2. The van der Waals surface area contributed by atoms with Crippen LogP contribution < -0.4 is 10.6 Å². The highest BCUT2D eigenvalue weighted by molar-refractivity contribution is 6.36. The highest BCUT2D eigenvalue weighted by atomic mass is 35.5. The molecule has 0 aliphatic carbocycles. The summed E-state index contributed by atoms with van der Waals surface area (Å²) in [7, 11) is 0. The fraction of sp³-hybridized carbons (Fsp3) is 0.133. The third-order valence-electron chi connectivity index (χ3n) is 2.84. The Kier molecular flexibility index (Phi) is 5.38. The van der Waals surface area contributed by atoms with Crippen molar-refractivity contribution in [2.45, 2.75) is 6.18 Å². The maximum absolute atomic E-state index is 12.6. The molecule has 0 heterocycles. The Morgan fingerprint density at radius 1 is 1.09 bits per heavy atom. The summed E-state index contributed by atoms with van der Waals surface area (Å²) < 4.78 is 37.8. The highest BCUT2D eigenvalue weighted by Crippen LogP contribution is 2.30. The molecule has 1 amide bonds. The Labute approximate surface area is 140 Å². The number of amides is 1. The van der Waals surface area contributed by atoms with Crippen molar-refractivity contribution in [3.05, 3.63) is 58.1 Å². The van der Waals surface area contributed by atoms with Crippen LogP contribution in [0.2, 0.25) is 10.0 Å². The Bertz CT molecular complexity index is 720. The highest BCUT2D eigenvalue weighted by Gasteiger charge is 2.30. The van der Waals surface area contributed by atoms with Gasteiger partial charge in [0.05, 0.1) is 22.8 Å². The maximum Gasteiger partial charge on any atom is 0.416 e. The van der Waals surface area contributed by atoms with Gasteiger partial charge in [0, 0.05) is 10.7 Å². The van der Waals surface area contributed by atoms with Gasteiger partial charge >= 0.3 is 6.18 Å². The van der Waals surface area contributed by atoms with E-state index < -0.39 is 17.6 Å². The Morgan fingerprint density at radius 2 is 1.83 bits per heavy atom. The number of rotatable bonds is 4. The molecule has 23 heavy (non-hydrogen) atoms. The van der Waals surface area contributed by atoms with Crippen LogP contribution >= 0.6 is 23.2 Å². The van der Waals surface area contributed by atoms with Gasteiger partial charge in [0.25, 0.3) is 0 Å². The summed E-state index contributed by atoms with van der Waals surface area (Å²) in [5, 5.41) is 5.96. The summed E-state index contributed by atoms with van der Waals surface area (Å²) in [4.78, 5) is 11.8. The molecule has 0 atom stereocenters. The van der Waals surface area contributed by atoms with Crippen LogP contribution in [0.15, 0.2) is 42.5 Å². The lowest BCUT2D eigenvalue weighted by Crippen LogP contribution is -2.22. The first-order chi connectivity index (χ1) is 10.8. The molecule has 8 heteroatoms. The van der Waals surface area contributed by atoms with E-state index in [9.17, 15) is 18.0 Å². The van der Waals surface area contributed by atoms with Crippen molar-refractivity contribution in [1.29, 1.82) is 0 Å². The van der Waals surface area contributed by atoms with Crippen molar-refractivity contribution < 1.29 is 18.0 Å². The van der Waals surface area contributed by atoms with E-state index in [1.165, 1.54) is 18.2 Å². The van der Waals surface area contributed by atoms with E-state index in [2.05, 4.69) is 10.6 Å². The van der Waals surface area contributed by atoms with Gasteiger partial charge in [-0.25, -0.2) is 0 Å². The van der Waals surface area contributed by atoms with Crippen LogP contribution in [-0.2, 0) is 11.0 Å². The molecule has 0 saturated carbocycles. The van der Waals surface area contributed by atoms with E-state index in [1.807, 2.05) is 0 Å². The minimum atomic E-state index is -4.46. The quantitative estimate of drug-likeness (QED) is 0.797. The zero-order chi connectivity index (χ0) is 17.0. The van der Waals surface area contributed by atoms with Gasteiger partial charge in [0.2, 0.25) is 5.91 Å². The number of anilines is 2. The number of alkyl halides is 3. The van der Waals surface area contributed by atoms with Gasteiger partial charge in [-0.15, -0.1) is 0 Å². The predicted octanol–water partition coefficient (Wildman–Crippen LogP) is 5.06. The SMILES string of the molecule is O=C(CNc1ccc(Cl)cc1Cl)Nc1cccc(C(F)(F)F)c1. The van der Waals surface area contributed by atoms with Crippen LogP contribution in [0.3, 0.4) is 0 Å². The molecule has 3 nitrogen and oxygen atoms in total. The number of halogens is 5. The van der Waals surface area contributed by atoms with E-state index >= 15 is 0 Å². The van der Waals surface area contributed by atoms with Gasteiger partial charge in [-0.3, -0.25) is 4.79 Å². The van der Waals surface area contributed by atoms with E-state index in [0.29, 0.717) is 15.7 Å². The smallest absolute Gasteiger partial charge is 0.375 e. The lowest BCUT2D eigenvalue weighted by molar-refractivity contribution is -0.137. The summed E-state index contributed by atoms with van der Waals surface area (Å²) in [5.41, 5.74) is -0.270. The van der Waals surface area contributed by atoms with Crippen molar-refractivity contribution in [2.24, 2.45) is 0 Å². The first kappa shape index (κ1) is 17.4. The van der Waals surface area contributed by atoms with Gasteiger partial charge in [0.15, 0.2) is 0 Å². The minimum Gasteiger partial charge on any atom is -0.375 e. The second-order valence-corrected chi connectivity index (χ2v) is 5.45. The van der Waals surface area contributed by atoms with Gasteiger partial charge < -0.3 is 10.6 Å². The lowest BCUT2D eigenvalue weighted by atomic mass is 10.2.